The fraction of sp³-hybridized carbons (Fsp3) is 0.300. The molecule has 1 atom stereocenters. The third-order valence-electron chi connectivity index (χ3n) is 2.13. The summed E-state index contributed by atoms with van der Waals surface area (Å²) < 4.78 is 1.68. The van der Waals surface area contributed by atoms with Gasteiger partial charge in [-0.1, -0.05) is 42.1 Å². The molecule has 0 radical (unpaired) electrons. The Morgan fingerprint density at radius 3 is 2.60 bits per heavy atom. The number of hydrogen-bond donors (Lipinski definition) is 0. The molecule has 4 nitrogen and oxygen atoms in total. The second-order valence-electron chi connectivity index (χ2n) is 3.26. The molecular formula is C10H12N4S. The monoisotopic (exact) mass is 220 g/mol. The van der Waals surface area contributed by atoms with Crippen LogP contribution in [0.2, 0.25) is 0 Å². The Labute approximate surface area is 92.7 Å². The molecule has 1 aromatic heterocycles. The second-order valence-corrected chi connectivity index (χ2v) is 4.56. The van der Waals surface area contributed by atoms with E-state index in [-0.39, 0.29) is 0 Å². The maximum atomic E-state index is 3.95. The lowest BCUT2D eigenvalue weighted by atomic mass is 10.2. The molecule has 0 saturated heterocycles. The SMILES string of the molecule is CC(Sc1nnnn1C)c1ccccc1. The highest BCUT2D eigenvalue weighted by Crippen LogP contribution is 2.32. The molecule has 0 fully saturated rings. The van der Waals surface area contributed by atoms with Crippen LogP contribution in [0.3, 0.4) is 0 Å². The molecule has 0 aliphatic rings. The largest absolute Gasteiger partial charge is 0.224 e. The van der Waals surface area contributed by atoms with Gasteiger partial charge in [-0.2, -0.15) is 0 Å². The topological polar surface area (TPSA) is 43.6 Å². The van der Waals surface area contributed by atoms with E-state index in [0.29, 0.717) is 5.25 Å². The maximum absolute atomic E-state index is 3.95. The van der Waals surface area contributed by atoms with Gasteiger partial charge in [0, 0.05) is 12.3 Å². The van der Waals surface area contributed by atoms with Crippen molar-refractivity contribution in [3.63, 3.8) is 0 Å². The van der Waals surface area contributed by atoms with E-state index in [2.05, 4.69) is 34.6 Å². The van der Waals surface area contributed by atoms with Crippen molar-refractivity contribution < 1.29 is 0 Å². The Bertz CT molecular complexity index is 426. The lowest BCUT2D eigenvalue weighted by molar-refractivity contribution is 0.663. The summed E-state index contributed by atoms with van der Waals surface area (Å²) in [5.41, 5.74) is 1.28. The first-order valence-electron chi connectivity index (χ1n) is 4.71. The lowest BCUT2D eigenvalue weighted by Crippen LogP contribution is -1.95. The number of rotatable bonds is 3. The van der Waals surface area contributed by atoms with Crippen LogP contribution in [0.15, 0.2) is 35.5 Å². The van der Waals surface area contributed by atoms with Crippen molar-refractivity contribution in [2.24, 2.45) is 7.05 Å². The van der Waals surface area contributed by atoms with Crippen molar-refractivity contribution in [2.45, 2.75) is 17.3 Å². The van der Waals surface area contributed by atoms with Crippen LogP contribution in [-0.4, -0.2) is 20.2 Å². The predicted octanol–water partition coefficient (Wildman–Crippen LogP) is 2.06. The molecule has 78 valence electrons. The van der Waals surface area contributed by atoms with E-state index in [9.17, 15) is 0 Å². The van der Waals surface area contributed by atoms with Crippen molar-refractivity contribution in [3.8, 4) is 0 Å². The number of thioether (sulfide) groups is 1. The predicted molar refractivity (Wildman–Crippen MR) is 59.5 cm³/mol. The molecule has 0 bridgehead atoms. The van der Waals surface area contributed by atoms with Crippen LogP contribution in [0, 0.1) is 0 Å². The summed E-state index contributed by atoms with van der Waals surface area (Å²) in [6.07, 6.45) is 0. The van der Waals surface area contributed by atoms with E-state index < -0.39 is 0 Å². The standard InChI is InChI=1S/C10H12N4S/c1-8(9-6-4-3-5-7-9)15-10-11-12-13-14(10)2/h3-8H,1-2H3. The normalized spacial score (nSPS) is 12.7. The van der Waals surface area contributed by atoms with Gasteiger partial charge in [0.25, 0.3) is 0 Å². The van der Waals surface area contributed by atoms with Crippen LogP contribution in [0.1, 0.15) is 17.7 Å². The van der Waals surface area contributed by atoms with Gasteiger partial charge in [-0.25, -0.2) is 4.68 Å². The Morgan fingerprint density at radius 2 is 2.00 bits per heavy atom. The first-order chi connectivity index (χ1) is 7.27. The highest BCUT2D eigenvalue weighted by molar-refractivity contribution is 7.99. The molecule has 2 rings (SSSR count). The van der Waals surface area contributed by atoms with Gasteiger partial charge < -0.3 is 0 Å². The number of benzene rings is 1. The molecular weight excluding hydrogens is 208 g/mol. The average molecular weight is 220 g/mol. The van der Waals surface area contributed by atoms with Crippen LogP contribution in [0.5, 0.6) is 0 Å². The summed E-state index contributed by atoms with van der Waals surface area (Å²) in [7, 11) is 1.85. The zero-order chi connectivity index (χ0) is 10.7. The Morgan fingerprint density at radius 1 is 1.27 bits per heavy atom. The van der Waals surface area contributed by atoms with Gasteiger partial charge >= 0.3 is 0 Å². The number of aryl methyl sites for hydroxylation is 1. The minimum Gasteiger partial charge on any atom is -0.224 e. The summed E-state index contributed by atoms with van der Waals surface area (Å²) >= 11 is 1.66. The van der Waals surface area contributed by atoms with E-state index >= 15 is 0 Å². The van der Waals surface area contributed by atoms with Gasteiger partial charge in [0.1, 0.15) is 0 Å². The Hall–Kier alpha value is -1.36. The number of hydrogen-bond acceptors (Lipinski definition) is 4. The molecule has 15 heavy (non-hydrogen) atoms. The average Bonchev–Trinajstić information content (AvgIpc) is 2.66. The maximum Gasteiger partial charge on any atom is 0.209 e. The quantitative estimate of drug-likeness (QED) is 0.743. The third-order valence-corrected chi connectivity index (χ3v) is 3.31. The second kappa shape index (κ2) is 4.44. The van der Waals surface area contributed by atoms with Crippen LogP contribution in [0.25, 0.3) is 0 Å². The molecule has 0 aliphatic carbocycles. The van der Waals surface area contributed by atoms with Crippen molar-refractivity contribution in [1.29, 1.82) is 0 Å². The smallest absolute Gasteiger partial charge is 0.209 e. The molecule has 0 saturated carbocycles. The molecule has 1 unspecified atom stereocenters. The van der Waals surface area contributed by atoms with Crippen LogP contribution in [0.4, 0.5) is 0 Å². The molecule has 2 aromatic rings. The molecule has 0 N–H and O–H groups in total. The van der Waals surface area contributed by atoms with Gasteiger partial charge in [-0.15, -0.1) is 5.10 Å². The molecule has 1 heterocycles. The molecule has 1 aromatic carbocycles. The van der Waals surface area contributed by atoms with Gasteiger partial charge in [0.15, 0.2) is 0 Å². The first kappa shape index (κ1) is 10.2. The molecule has 0 aliphatic heterocycles. The van der Waals surface area contributed by atoms with Gasteiger partial charge in [-0.05, 0) is 22.9 Å². The van der Waals surface area contributed by atoms with Gasteiger partial charge in [0.05, 0.1) is 0 Å². The summed E-state index contributed by atoms with van der Waals surface area (Å²) in [5.74, 6) is 0. The van der Waals surface area contributed by atoms with Crippen molar-refractivity contribution >= 4 is 11.8 Å². The summed E-state index contributed by atoms with van der Waals surface area (Å²) in [6, 6.07) is 10.3. The Balaban J connectivity index is 2.11. The van der Waals surface area contributed by atoms with E-state index in [1.54, 1.807) is 16.4 Å². The highest BCUT2D eigenvalue weighted by Gasteiger charge is 2.10. The minimum absolute atomic E-state index is 0.357. The zero-order valence-electron chi connectivity index (χ0n) is 8.66. The molecule has 5 heteroatoms. The summed E-state index contributed by atoms with van der Waals surface area (Å²) in [5, 5.41) is 12.6. The van der Waals surface area contributed by atoms with E-state index in [0.717, 1.165) is 5.16 Å². The van der Waals surface area contributed by atoms with Crippen LogP contribution < -0.4 is 0 Å². The lowest BCUT2D eigenvalue weighted by Gasteiger charge is -2.09. The highest BCUT2D eigenvalue weighted by atomic mass is 32.2. The van der Waals surface area contributed by atoms with E-state index in [4.69, 9.17) is 0 Å². The molecule has 0 spiro atoms. The van der Waals surface area contributed by atoms with Crippen LogP contribution >= 0.6 is 11.8 Å². The fourth-order valence-corrected chi connectivity index (χ4v) is 2.15. The van der Waals surface area contributed by atoms with E-state index in [1.807, 2.05) is 25.2 Å². The number of nitrogens with zero attached hydrogens (tertiary/aromatic N) is 4. The van der Waals surface area contributed by atoms with E-state index in [1.165, 1.54) is 5.56 Å². The van der Waals surface area contributed by atoms with Gasteiger partial charge in [-0.3, -0.25) is 0 Å². The third kappa shape index (κ3) is 2.36. The van der Waals surface area contributed by atoms with Crippen LogP contribution in [-0.2, 0) is 7.05 Å². The van der Waals surface area contributed by atoms with Crippen molar-refractivity contribution in [2.75, 3.05) is 0 Å². The van der Waals surface area contributed by atoms with Crippen molar-refractivity contribution in [3.05, 3.63) is 35.9 Å². The number of tetrazole rings is 1. The zero-order valence-corrected chi connectivity index (χ0v) is 9.48. The minimum atomic E-state index is 0.357. The van der Waals surface area contributed by atoms with Crippen molar-refractivity contribution in [1.82, 2.24) is 20.2 Å². The molecule has 0 amide bonds. The number of aromatic nitrogens is 4. The van der Waals surface area contributed by atoms with Gasteiger partial charge in [0.2, 0.25) is 5.16 Å². The Kier molecular flexibility index (Phi) is 3.01. The summed E-state index contributed by atoms with van der Waals surface area (Å²) in [6.45, 7) is 2.15. The summed E-state index contributed by atoms with van der Waals surface area (Å²) in [4.78, 5) is 0. The first-order valence-corrected chi connectivity index (χ1v) is 5.59. The fourth-order valence-electron chi connectivity index (χ4n) is 1.27.